The molecule has 0 saturated carbocycles. The smallest absolute Gasteiger partial charge is 0 e. The Balaban J connectivity index is 0. The van der Waals surface area contributed by atoms with E-state index >= 15 is 0 Å². The average molecular weight is 363 g/mol. The summed E-state index contributed by atoms with van der Waals surface area (Å²) in [5.74, 6) is 0. The fourth-order valence-corrected chi connectivity index (χ4v) is 0. The van der Waals surface area contributed by atoms with Crippen LogP contribution in [0.25, 0.3) is 0 Å². The SMILES string of the molecule is [Al].[Mo].[Ni].[Ta]. The third-order valence-corrected chi connectivity index (χ3v) is 0. The number of hydrogen-bond donors (Lipinski definition) is 0. The summed E-state index contributed by atoms with van der Waals surface area (Å²) in [5.41, 5.74) is 0. The molecule has 0 aliphatic heterocycles. The van der Waals surface area contributed by atoms with Crippen LogP contribution < -0.4 is 0 Å². The molecule has 0 unspecified atom stereocenters. The maximum atomic E-state index is 0. The second kappa shape index (κ2) is 18.0. The minimum atomic E-state index is 0. The van der Waals surface area contributed by atoms with Gasteiger partial charge in [-0.3, -0.25) is 0 Å². The van der Waals surface area contributed by atoms with Crippen molar-refractivity contribution in [3.05, 3.63) is 0 Å². The van der Waals surface area contributed by atoms with Gasteiger partial charge in [0.15, 0.2) is 0 Å². The fraction of sp³-hybridized carbons (Fsp3) is 0. The van der Waals surface area contributed by atoms with Crippen molar-refractivity contribution >= 4 is 17.4 Å². The van der Waals surface area contributed by atoms with Crippen LogP contribution in [-0.4, -0.2) is 17.4 Å². The zero-order chi connectivity index (χ0) is 0. The normalized spacial score (nSPS) is 0. The van der Waals surface area contributed by atoms with Crippen LogP contribution in [0, 0.1) is 0 Å². The van der Waals surface area contributed by atoms with Gasteiger partial charge in [0.25, 0.3) is 0 Å². The molecule has 0 saturated heterocycles. The fourth-order valence-electron chi connectivity index (χ4n) is 0. The molecule has 24 valence electrons. The Morgan fingerprint density at radius 1 is 1.00 bits per heavy atom. The first-order valence-electron chi connectivity index (χ1n) is 0. The molecule has 0 heterocycles. The minimum absolute atomic E-state index is 0. The van der Waals surface area contributed by atoms with Crippen molar-refractivity contribution in [2.75, 3.05) is 0 Å². The average Bonchev–Trinajstić information content (AvgIpc) is 0. The van der Waals surface area contributed by atoms with E-state index in [-0.39, 0.29) is 77.3 Å². The van der Waals surface area contributed by atoms with E-state index in [1.54, 1.807) is 0 Å². The van der Waals surface area contributed by atoms with E-state index in [0.717, 1.165) is 0 Å². The monoisotopic (exact) mass is 364 g/mol. The van der Waals surface area contributed by atoms with Gasteiger partial charge in [-0.05, 0) is 0 Å². The van der Waals surface area contributed by atoms with E-state index in [0.29, 0.717) is 0 Å². The second-order valence-electron chi connectivity index (χ2n) is 0. The van der Waals surface area contributed by atoms with Crippen LogP contribution in [0.4, 0.5) is 0 Å². The minimum Gasteiger partial charge on any atom is 0 e. The van der Waals surface area contributed by atoms with Gasteiger partial charge in [0.2, 0.25) is 0 Å². The molecule has 0 nitrogen and oxygen atoms in total. The van der Waals surface area contributed by atoms with Crippen molar-refractivity contribution in [1.29, 1.82) is 0 Å². The van der Waals surface area contributed by atoms with Crippen LogP contribution in [0.5, 0.6) is 0 Å². The van der Waals surface area contributed by atoms with Crippen LogP contribution in [0.3, 0.4) is 0 Å². The Labute approximate surface area is 76.3 Å². The predicted molar refractivity (Wildman–Crippen MR) is 5.75 cm³/mol. The van der Waals surface area contributed by atoms with Crippen LogP contribution in [-0.2, 0) is 59.9 Å². The molecule has 0 aromatic heterocycles. The Morgan fingerprint density at radius 2 is 1.00 bits per heavy atom. The summed E-state index contributed by atoms with van der Waals surface area (Å²) in [6.45, 7) is 0. The Bertz CT molecular complexity index is 8.00. The van der Waals surface area contributed by atoms with Crippen LogP contribution >= 0.6 is 0 Å². The van der Waals surface area contributed by atoms with E-state index < -0.39 is 0 Å². The van der Waals surface area contributed by atoms with E-state index in [2.05, 4.69) is 0 Å². The van der Waals surface area contributed by atoms with Gasteiger partial charge < -0.3 is 0 Å². The summed E-state index contributed by atoms with van der Waals surface area (Å²) in [5, 5.41) is 0. The van der Waals surface area contributed by atoms with Gasteiger partial charge in [-0.1, -0.05) is 0 Å². The molecule has 0 aliphatic rings. The molecule has 0 bridgehead atoms. The second-order valence-corrected chi connectivity index (χ2v) is 0. The summed E-state index contributed by atoms with van der Waals surface area (Å²) >= 11 is 0. The zero-order valence-corrected chi connectivity index (χ0v) is 9.11. The van der Waals surface area contributed by atoms with Crippen molar-refractivity contribution in [2.24, 2.45) is 0 Å². The van der Waals surface area contributed by atoms with E-state index in [1.807, 2.05) is 0 Å². The third kappa shape index (κ3) is 8.82. The maximum absolute atomic E-state index is 0. The van der Waals surface area contributed by atoms with Crippen molar-refractivity contribution in [3.63, 3.8) is 0 Å². The molecule has 0 aromatic rings. The largest absolute Gasteiger partial charge is 0 e. The maximum Gasteiger partial charge on any atom is 0 e. The molecule has 0 N–H and O–H groups in total. The molecule has 4 radical (unpaired) electrons. The molecule has 0 atom stereocenters. The standard InChI is InChI=1S/Al.Mo.Ni.Ta. The Morgan fingerprint density at radius 3 is 1.00 bits per heavy atom. The number of hydrogen-bond acceptors (Lipinski definition) is 0. The van der Waals surface area contributed by atoms with Crippen LogP contribution in [0.2, 0.25) is 0 Å². The molecule has 4 heteroatoms. The molecule has 4 heavy (non-hydrogen) atoms. The zero-order valence-electron chi connectivity index (χ0n) is 1.75. The van der Waals surface area contributed by atoms with E-state index in [9.17, 15) is 0 Å². The van der Waals surface area contributed by atoms with Crippen molar-refractivity contribution in [1.82, 2.24) is 0 Å². The van der Waals surface area contributed by atoms with Crippen LogP contribution in [0.15, 0.2) is 0 Å². The third-order valence-electron chi connectivity index (χ3n) is 0. The van der Waals surface area contributed by atoms with Gasteiger partial charge in [-0.2, -0.15) is 0 Å². The van der Waals surface area contributed by atoms with Gasteiger partial charge in [-0.25, -0.2) is 0 Å². The summed E-state index contributed by atoms with van der Waals surface area (Å²) in [6.07, 6.45) is 0. The molecule has 0 rings (SSSR count). The first kappa shape index (κ1) is 31.9. The van der Waals surface area contributed by atoms with Crippen molar-refractivity contribution < 1.29 is 59.9 Å². The molecule has 0 fully saturated rings. The van der Waals surface area contributed by atoms with E-state index in [1.165, 1.54) is 0 Å². The van der Waals surface area contributed by atoms with Crippen LogP contribution in [0.1, 0.15) is 0 Å². The molecule has 0 aliphatic carbocycles. The van der Waals surface area contributed by atoms with E-state index in [4.69, 9.17) is 0 Å². The summed E-state index contributed by atoms with van der Waals surface area (Å²) in [4.78, 5) is 0. The van der Waals surface area contributed by atoms with Gasteiger partial charge in [0.05, 0.1) is 0 Å². The molecular weight excluding hydrogens is 363 g/mol. The predicted octanol–water partition coefficient (Wildman–Crippen LogP) is -0.388. The topological polar surface area (TPSA) is 0 Å². The van der Waals surface area contributed by atoms with Crippen molar-refractivity contribution in [3.8, 4) is 0 Å². The molecule has 0 spiro atoms. The molecule has 0 amide bonds. The number of rotatable bonds is 0. The van der Waals surface area contributed by atoms with Gasteiger partial charge >= 0.3 is 0 Å². The summed E-state index contributed by atoms with van der Waals surface area (Å²) in [7, 11) is 0. The first-order chi connectivity index (χ1) is 0. The summed E-state index contributed by atoms with van der Waals surface area (Å²) < 4.78 is 0. The Hall–Kier alpha value is 2.45. The van der Waals surface area contributed by atoms with Crippen molar-refractivity contribution in [2.45, 2.75) is 0 Å². The van der Waals surface area contributed by atoms with Gasteiger partial charge in [0, 0.05) is 77.3 Å². The van der Waals surface area contributed by atoms with Gasteiger partial charge in [0.1, 0.15) is 0 Å². The Kier molecular flexibility index (Phi) is 143. The molecule has 0 aromatic carbocycles. The first-order valence-corrected chi connectivity index (χ1v) is 0. The quantitative estimate of drug-likeness (QED) is 0.515. The van der Waals surface area contributed by atoms with Gasteiger partial charge in [-0.15, -0.1) is 0 Å². The summed E-state index contributed by atoms with van der Waals surface area (Å²) in [6, 6.07) is 0. The molecular formula is AlMoNiTa.